The average Bonchev–Trinajstić information content (AvgIpc) is 2.89. The van der Waals surface area contributed by atoms with E-state index in [1.165, 1.54) is 19.3 Å². The topological polar surface area (TPSA) is 59.1 Å². The van der Waals surface area contributed by atoms with Gasteiger partial charge in [-0.2, -0.15) is 0 Å². The van der Waals surface area contributed by atoms with Gasteiger partial charge < -0.3 is 15.4 Å². The molecule has 2 rings (SSSR count). The number of anilines is 2. The lowest BCUT2D eigenvalue weighted by Crippen LogP contribution is -2.14. The second-order valence-electron chi connectivity index (χ2n) is 5.89. The molecule has 1 aliphatic rings. The van der Waals surface area contributed by atoms with Crippen molar-refractivity contribution in [1.29, 1.82) is 0 Å². The number of nitrogens with zero attached hydrogens (tertiary/aromatic N) is 2. The summed E-state index contributed by atoms with van der Waals surface area (Å²) in [5, 5.41) is 6.73. The van der Waals surface area contributed by atoms with Crippen LogP contribution in [0, 0.1) is 11.8 Å². The summed E-state index contributed by atoms with van der Waals surface area (Å²) in [6.45, 7) is 9.38. The van der Waals surface area contributed by atoms with Gasteiger partial charge >= 0.3 is 0 Å². The molecule has 2 atom stereocenters. The number of hydrogen-bond acceptors (Lipinski definition) is 5. The van der Waals surface area contributed by atoms with Gasteiger partial charge in [-0.05, 0) is 38.5 Å². The molecular weight excluding hydrogens is 264 g/mol. The fourth-order valence-electron chi connectivity index (χ4n) is 2.88. The van der Waals surface area contributed by atoms with E-state index in [1.807, 2.05) is 13.0 Å². The van der Waals surface area contributed by atoms with Gasteiger partial charge in [0.1, 0.15) is 18.2 Å². The molecule has 0 aliphatic heterocycles. The quantitative estimate of drug-likeness (QED) is 0.770. The third kappa shape index (κ3) is 5.16. The molecule has 118 valence electrons. The first-order valence-corrected chi connectivity index (χ1v) is 8.14. The number of ether oxygens (including phenoxy) is 1. The highest BCUT2D eigenvalue weighted by atomic mass is 16.5. The standard InChI is InChI=1S/C16H28N4O/c1-4-17-14-9-15(20-16(19-14)11-21-5-2)18-10-13-7-6-12(3)8-13/h9,12-13H,4-8,10-11H2,1-3H3,(H2,17,18,19,20). The van der Waals surface area contributed by atoms with Crippen molar-refractivity contribution in [3.63, 3.8) is 0 Å². The molecular formula is C16H28N4O. The molecule has 1 heterocycles. The predicted octanol–water partition coefficient (Wildman–Crippen LogP) is 3.29. The Labute approximate surface area is 127 Å². The van der Waals surface area contributed by atoms with Crippen molar-refractivity contribution in [3.8, 4) is 0 Å². The van der Waals surface area contributed by atoms with Gasteiger partial charge in [0.2, 0.25) is 0 Å². The molecule has 1 aromatic heterocycles. The van der Waals surface area contributed by atoms with Crippen molar-refractivity contribution in [3.05, 3.63) is 11.9 Å². The molecule has 0 aromatic carbocycles. The molecule has 1 aliphatic carbocycles. The molecule has 1 saturated carbocycles. The highest BCUT2D eigenvalue weighted by Gasteiger charge is 2.21. The molecule has 2 unspecified atom stereocenters. The van der Waals surface area contributed by atoms with Crippen molar-refractivity contribution in [2.45, 2.75) is 46.6 Å². The van der Waals surface area contributed by atoms with E-state index in [1.54, 1.807) is 0 Å². The largest absolute Gasteiger partial charge is 0.374 e. The van der Waals surface area contributed by atoms with Crippen molar-refractivity contribution >= 4 is 11.6 Å². The van der Waals surface area contributed by atoms with E-state index in [-0.39, 0.29) is 0 Å². The molecule has 2 N–H and O–H groups in total. The van der Waals surface area contributed by atoms with E-state index >= 15 is 0 Å². The minimum atomic E-state index is 0.463. The smallest absolute Gasteiger partial charge is 0.158 e. The summed E-state index contributed by atoms with van der Waals surface area (Å²) in [6.07, 6.45) is 4.00. The summed E-state index contributed by atoms with van der Waals surface area (Å²) in [7, 11) is 0. The van der Waals surface area contributed by atoms with Crippen LogP contribution in [0.4, 0.5) is 11.6 Å². The summed E-state index contributed by atoms with van der Waals surface area (Å²) in [6, 6.07) is 1.98. The molecule has 1 fully saturated rings. The molecule has 5 nitrogen and oxygen atoms in total. The van der Waals surface area contributed by atoms with Gasteiger partial charge in [-0.3, -0.25) is 0 Å². The lowest BCUT2D eigenvalue weighted by molar-refractivity contribution is 0.128. The molecule has 0 spiro atoms. The van der Waals surface area contributed by atoms with E-state index in [0.717, 1.165) is 42.4 Å². The van der Waals surface area contributed by atoms with Gasteiger partial charge in [-0.1, -0.05) is 13.3 Å². The van der Waals surface area contributed by atoms with Crippen LogP contribution in [0.25, 0.3) is 0 Å². The minimum absolute atomic E-state index is 0.463. The van der Waals surface area contributed by atoms with Gasteiger partial charge in [0.05, 0.1) is 0 Å². The zero-order valence-corrected chi connectivity index (χ0v) is 13.5. The SMILES string of the molecule is CCNc1cc(NCC2CCC(C)C2)nc(COCC)n1. The van der Waals surface area contributed by atoms with Crippen molar-refractivity contribution in [1.82, 2.24) is 9.97 Å². The fourth-order valence-corrected chi connectivity index (χ4v) is 2.88. The van der Waals surface area contributed by atoms with E-state index < -0.39 is 0 Å². The normalized spacial score (nSPS) is 21.5. The molecule has 0 bridgehead atoms. The van der Waals surface area contributed by atoms with E-state index in [0.29, 0.717) is 13.2 Å². The number of rotatable bonds is 8. The maximum absolute atomic E-state index is 5.42. The lowest BCUT2D eigenvalue weighted by Gasteiger charge is -2.14. The zero-order valence-electron chi connectivity index (χ0n) is 13.5. The maximum Gasteiger partial charge on any atom is 0.158 e. The Kier molecular flexibility index (Phi) is 6.23. The highest BCUT2D eigenvalue weighted by Crippen LogP contribution is 2.30. The van der Waals surface area contributed by atoms with E-state index in [9.17, 15) is 0 Å². The summed E-state index contributed by atoms with van der Waals surface area (Å²) >= 11 is 0. The number of hydrogen-bond donors (Lipinski definition) is 2. The number of nitrogens with one attached hydrogen (secondary N) is 2. The van der Waals surface area contributed by atoms with Crippen LogP contribution in [0.1, 0.15) is 45.9 Å². The summed E-state index contributed by atoms with van der Waals surface area (Å²) in [4.78, 5) is 9.01. The minimum Gasteiger partial charge on any atom is -0.374 e. The summed E-state index contributed by atoms with van der Waals surface area (Å²) < 4.78 is 5.42. The molecule has 5 heteroatoms. The van der Waals surface area contributed by atoms with Crippen LogP contribution in [0.2, 0.25) is 0 Å². The van der Waals surface area contributed by atoms with Gasteiger partial charge in [0.25, 0.3) is 0 Å². The Balaban J connectivity index is 1.97. The third-order valence-corrected chi connectivity index (χ3v) is 3.94. The Bertz CT molecular complexity index is 438. The van der Waals surface area contributed by atoms with Crippen LogP contribution in [-0.2, 0) is 11.3 Å². The predicted molar refractivity (Wildman–Crippen MR) is 86.5 cm³/mol. The Morgan fingerprint density at radius 3 is 2.57 bits per heavy atom. The van der Waals surface area contributed by atoms with E-state index in [2.05, 4.69) is 34.4 Å². The first kappa shape index (κ1) is 16.0. The lowest BCUT2D eigenvalue weighted by atomic mass is 10.1. The average molecular weight is 292 g/mol. The molecule has 21 heavy (non-hydrogen) atoms. The third-order valence-electron chi connectivity index (χ3n) is 3.94. The van der Waals surface area contributed by atoms with Crippen LogP contribution in [0.5, 0.6) is 0 Å². The van der Waals surface area contributed by atoms with Crippen LogP contribution in [0.15, 0.2) is 6.07 Å². The van der Waals surface area contributed by atoms with E-state index in [4.69, 9.17) is 4.74 Å². The Morgan fingerprint density at radius 1 is 1.19 bits per heavy atom. The second-order valence-corrected chi connectivity index (χ2v) is 5.89. The fraction of sp³-hybridized carbons (Fsp3) is 0.750. The van der Waals surface area contributed by atoms with Crippen LogP contribution >= 0.6 is 0 Å². The highest BCUT2D eigenvalue weighted by molar-refractivity contribution is 5.47. The molecule has 0 saturated heterocycles. The van der Waals surface area contributed by atoms with Crippen molar-refractivity contribution in [2.75, 3.05) is 30.3 Å². The van der Waals surface area contributed by atoms with Gasteiger partial charge in [-0.15, -0.1) is 0 Å². The number of aromatic nitrogens is 2. The molecule has 1 aromatic rings. The van der Waals surface area contributed by atoms with Crippen molar-refractivity contribution < 1.29 is 4.74 Å². The Morgan fingerprint density at radius 2 is 1.95 bits per heavy atom. The molecule has 0 amide bonds. The zero-order chi connectivity index (χ0) is 15.1. The first-order chi connectivity index (χ1) is 10.2. The molecule has 0 radical (unpaired) electrons. The van der Waals surface area contributed by atoms with Gasteiger partial charge in [-0.25, -0.2) is 9.97 Å². The second kappa shape index (κ2) is 8.17. The summed E-state index contributed by atoms with van der Waals surface area (Å²) in [5.41, 5.74) is 0. The van der Waals surface area contributed by atoms with Crippen LogP contribution in [-0.4, -0.2) is 29.7 Å². The van der Waals surface area contributed by atoms with Crippen LogP contribution < -0.4 is 10.6 Å². The van der Waals surface area contributed by atoms with Crippen molar-refractivity contribution in [2.24, 2.45) is 11.8 Å². The first-order valence-electron chi connectivity index (χ1n) is 8.14. The summed E-state index contributed by atoms with van der Waals surface area (Å²) in [5.74, 6) is 4.14. The van der Waals surface area contributed by atoms with Gasteiger partial charge in [0, 0.05) is 25.8 Å². The van der Waals surface area contributed by atoms with Crippen LogP contribution in [0.3, 0.4) is 0 Å². The maximum atomic E-state index is 5.42. The van der Waals surface area contributed by atoms with Gasteiger partial charge in [0.15, 0.2) is 5.82 Å². The monoisotopic (exact) mass is 292 g/mol. The Hall–Kier alpha value is -1.36.